The van der Waals surface area contributed by atoms with Crippen molar-refractivity contribution in [2.75, 3.05) is 0 Å². The molecule has 4 fully saturated rings. The second-order valence-corrected chi connectivity index (χ2v) is 4.50. The first-order valence-electron chi connectivity index (χ1n) is 4.70. The van der Waals surface area contributed by atoms with Crippen LogP contribution in [0.3, 0.4) is 0 Å². The van der Waals surface area contributed by atoms with E-state index in [9.17, 15) is 4.79 Å². The highest BCUT2D eigenvalue weighted by atomic mass is 16.1. The quantitative estimate of drug-likeness (QED) is 0.514. The van der Waals surface area contributed by atoms with E-state index >= 15 is 0 Å². The molecule has 2 atom stereocenters. The molecule has 59 valence electrons. The second-order valence-electron chi connectivity index (χ2n) is 4.50. The molecule has 0 aromatic carbocycles. The Hall–Kier alpha value is -0.330. The second kappa shape index (κ2) is 1.88. The number of carbonyl (C=O) groups is 1. The van der Waals surface area contributed by atoms with Crippen LogP contribution in [0.15, 0.2) is 0 Å². The molecule has 0 amide bonds. The minimum atomic E-state index is 0.469. The summed E-state index contributed by atoms with van der Waals surface area (Å²) in [5.41, 5.74) is 0. The average Bonchev–Trinajstić information content (AvgIpc) is 1.98. The Morgan fingerprint density at radius 3 is 2.18 bits per heavy atom. The van der Waals surface area contributed by atoms with Crippen LogP contribution in [0, 0.1) is 23.7 Å². The van der Waals surface area contributed by atoms with E-state index in [-0.39, 0.29) is 0 Å². The number of rotatable bonds is 0. The molecule has 0 N–H and O–H groups in total. The lowest BCUT2D eigenvalue weighted by Gasteiger charge is -2.48. The Morgan fingerprint density at radius 2 is 1.64 bits per heavy atom. The summed E-state index contributed by atoms with van der Waals surface area (Å²) in [6.07, 6.45) is 6.12. The predicted octanol–water partition coefficient (Wildman–Crippen LogP) is 1.97. The summed E-state index contributed by atoms with van der Waals surface area (Å²) in [7, 11) is 0. The van der Waals surface area contributed by atoms with Gasteiger partial charge in [0.15, 0.2) is 0 Å². The molecule has 0 saturated heterocycles. The molecule has 11 heavy (non-hydrogen) atoms. The summed E-state index contributed by atoms with van der Waals surface area (Å²) in [4.78, 5) is 11.6. The summed E-state index contributed by atoms with van der Waals surface area (Å²) in [5, 5.41) is 0. The van der Waals surface area contributed by atoms with E-state index in [2.05, 4.69) is 0 Å². The zero-order valence-corrected chi connectivity index (χ0v) is 6.68. The first-order valence-corrected chi connectivity index (χ1v) is 4.70. The highest BCUT2D eigenvalue weighted by Crippen LogP contribution is 2.52. The zero-order valence-electron chi connectivity index (χ0n) is 6.68. The molecule has 1 radical (unpaired) electrons. The van der Waals surface area contributed by atoms with Crippen molar-refractivity contribution in [3.05, 3.63) is 5.92 Å². The molecular formula is C10H13O. The number of carbonyl (C=O) groups excluding carboxylic acids is 1. The third kappa shape index (κ3) is 0.743. The van der Waals surface area contributed by atoms with Crippen molar-refractivity contribution in [3.63, 3.8) is 0 Å². The number of hydrogen-bond donors (Lipinski definition) is 0. The Balaban J connectivity index is 1.96. The van der Waals surface area contributed by atoms with Crippen LogP contribution in [0.5, 0.6) is 0 Å². The Labute approximate surface area is 67.2 Å². The fourth-order valence-electron chi connectivity index (χ4n) is 3.36. The summed E-state index contributed by atoms with van der Waals surface area (Å²) < 4.78 is 0. The van der Waals surface area contributed by atoms with Crippen LogP contribution in [0.4, 0.5) is 0 Å². The summed E-state index contributed by atoms with van der Waals surface area (Å²) >= 11 is 0. The maximum atomic E-state index is 11.6. The van der Waals surface area contributed by atoms with Crippen LogP contribution < -0.4 is 0 Å². The molecule has 1 heteroatoms. The standard InChI is InChI=1S/C10H13O/c11-10-8-2-6-1-7(4-8)5-9(10)3-6/h6,8-9H,1-5H2. The van der Waals surface area contributed by atoms with Crippen LogP contribution in [0.2, 0.25) is 0 Å². The first kappa shape index (κ1) is 6.22. The molecule has 4 saturated carbocycles. The van der Waals surface area contributed by atoms with Gasteiger partial charge in [0.2, 0.25) is 0 Å². The number of ketones is 1. The maximum Gasteiger partial charge on any atom is 0.139 e. The molecule has 4 bridgehead atoms. The van der Waals surface area contributed by atoms with E-state index < -0.39 is 0 Å². The van der Waals surface area contributed by atoms with Gasteiger partial charge in [-0.3, -0.25) is 4.79 Å². The minimum absolute atomic E-state index is 0.469. The molecule has 0 heterocycles. The predicted molar refractivity (Wildman–Crippen MR) is 41.8 cm³/mol. The largest absolute Gasteiger partial charge is 0.299 e. The molecule has 0 aromatic rings. The van der Waals surface area contributed by atoms with Crippen LogP contribution in [0.25, 0.3) is 0 Å². The van der Waals surface area contributed by atoms with Gasteiger partial charge in [0.25, 0.3) is 0 Å². The van der Waals surface area contributed by atoms with Crippen LogP contribution in [-0.4, -0.2) is 5.78 Å². The van der Waals surface area contributed by atoms with Crippen molar-refractivity contribution in [1.82, 2.24) is 0 Å². The fourth-order valence-corrected chi connectivity index (χ4v) is 3.36. The van der Waals surface area contributed by atoms with Gasteiger partial charge in [-0.2, -0.15) is 0 Å². The van der Waals surface area contributed by atoms with Gasteiger partial charge in [0.05, 0.1) is 0 Å². The Kier molecular flexibility index (Phi) is 1.06. The van der Waals surface area contributed by atoms with Crippen molar-refractivity contribution < 1.29 is 4.79 Å². The van der Waals surface area contributed by atoms with Crippen molar-refractivity contribution in [2.45, 2.75) is 32.1 Å². The van der Waals surface area contributed by atoms with E-state index in [1.807, 2.05) is 0 Å². The van der Waals surface area contributed by atoms with E-state index in [1.165, 1.54) is 19.3 Å². The van der Waals surface area contributed by atoms with Gasteiger partial charge in [0.1, 0.15) is 5.78 Å². The van der Waals surface area contributed by atoms with E-state index in [4.69, 9.17) is 0 Å². The van der Waals surface area contributed by atoms with Crippen molar-refractivity contribution in [1.29, 1.82) is 0 Å². The maximum absolute atomic E-state index is 11.6. The number of Topliss-reactive ketones (excluding diaryl/α,β-unsaturated/α-hetero) is 1. The summed E-state index contributed by atoms with van der Waals surface area (Å²) in [5.74, 6) is 4.15. The van der Waals surface area contributed by atoms with Gasteiger partial charge in [0, 0.05) is 11.8 Å². The topological polar surface area (TPSA) is 17.1 Å². The molecule has 2 unspecified atom stereocenters. The third-order valence-corrected chi connectivity index (χ3v) is 3.69. The van der Waals surface area contributed by atoms with Gasteiger partial charge in [-0.05, 0) is 43.9 Å². The van der Waals surface area contributed by atoms with Gasteiger partial charge in [-0.25, -0.2) is 0 Å². The smallest absolute Gasteiger partial charge is 0.139 e. The Bertz CT molecular complexity index is 177. The van der Waals surface area contributed by atoms with E-state index in [0.29, 0.717) is 17.6 Å². The van der Waals surface area contributed by atoms with E-state index in [1.54, 1.807) is 5.92 Å². The average molecular weight is 149 g/mol. The molecule has 0 aromatic heterocycles. The van der Waals surface area contributed by atoms with Crippen molar-refractivity contribution >= 4 is 5.78 Å². The normalized spacial score (nSPS) is 48.7. The lowest BCUT2D eigenvalue weighted by atomic mass is 9.56. The molecular weight excluding hydrogens is 136 g/mol. The molecule has 4 aliphatic carbocycles. The van der Waals surface area contributed by atoms with Gasteiger partial charge in [-0.1, -0.05) is 0 Å². The lowest BCUT2D eigenvalue weighted by molar-refractivity contribution is -0.135. The Morgan fingerprint density at radius 1 is 1.00 bits per heavy atom. The molecule has 0 aliphatic heterocycles. The van der Waals surface area contributed by atoms with Crippen molar-refractivity contribution in [2.24, 2.45) is 17.8 Å². The molecule has 1 nitrogen and oxygen atoms in total. The molecule has 0 spiro atoms. The first-order chi connectivity index (χ1) is 5.33. The summed E-state index contributed by atoms with van der Waals surface area (Å²) in [6, 6.07) is 0. The molecule has 4 rings (SSSR count). The van der Waals surface area contributed by atoms with Crippen LogP contribution in [-0.2, 0) is 4.79 Å². The highest BCUT2D eigenvalue weighted by molar-refractivity contribution is 5.86. The zero-order chi connectivity index (χ0) is 7.42. The molecule has 4 aliphatic rings. The fraction of sp³-hybridized carbons (Fsp3) is 0.800. The third-order valence-electron chi connectivity index (χ3n) is 3.69. The lowest BCUT2D eigenvalue weighted by Crippen LogP contribution is -2.44. The van der Waals surface area contributed by atoms with Gasteiger partial charge >= 0.3 is 0 Å². The van der Waals surface area contributed by atoms with E-state index in [0.717, 1.165) is 18.8 Å². The van der Waals surface area contributed by atoms with Crippen LogP contribution >= 0.6 is 0 Å². The SMILES string of the molecule is O=C1C2C[C]3CC(C2)CC1C3. The summed E-state index contributed by atoms with van der Waals surface area (Å²) in [6.45, 7) is 0. The van der Waals surface area contributed by atoms with Gasteiger partial charge < -0.3 is 0 Å². The highest BCUT2D eigenvalue weighted by Gasteiger charge is 2.47. The minimum Gasteiger partial charge on any atom is -0.299 e. The van der Waals surface area contributed by atoms with Crippen LogP contribution in [0.1, 0.15) is 32.1 Å². The monoisotopic (exact) mass is 149 g/mol. The van der Waals surface area contributed by atoms with Crippen molar-refractivity contribution in [3.8, 4) is 0 Å². The van der Waals surface area contributed by atoms with Gasteiger partial charge in [-0.15, -0.1) is 0 Å². The number of hydrogen-bond acceptors (Lipinski definition) is 1.